The molecule has 0 aliphatic heterocycles. The first-order chi connectivity index (χ1) is 6.63. The molecule has 0 saturated carbocycles. The molecule has 0 spiro atoms. The number of halogens is 1. The maximum absolute atomic E-state index is 11.3. The fourth-order valence-electron chi connectivity index (χ4n) is 0.875. The number of nitrogens with zero attached hydrogens (tertiary/aromatic N) is 3. The smallest absolute Gasteiger partial charge is 0.224 e. The highest BCUT2D eigenvalue weighted by Crippen LogP contribution is 1.98. The zero-order valence-electron chi connectivity index (χ0n) is 8.20. The molecule has 78 valence electrons. The lowest BCUT2D eigenvalue weighted by Crippen LogP contribution is -2.29. The van der Waals surface area contributed by atoms with Gasteiger partial charge in [-0.05, 0) is 0 Å². The third kappa shape index (κ3) is 2.99. The van der Waals surface area contributed by atoms with Gasteiger partial charge < -0.3 is 5.32 Å². The molecule has 14 heavy (non-hydrogen) atoms. The molecule has 0 fully saturated rings. The number of aryl methyl sites for hydroxylation is 1. The van der Waals surface area contributed by atoms with E-state index in [2.05, 4.69) is 15.4 Å². The summed E-state index contributed by atoms with van der Waals surface area (Å²) in [6, 6.07) is 0. The molecule has 1 heterocycles. The molecule has 0 aromatic carbocycles. The maximum Gasteiger partial charge on any atom is 0.224 e. The third-order valence-corrected chi connectivity index (χ3v) is 2.21. The van der Waals surface area contributed by atoms with Crippen LogP contribution in [0.2, 0.25) is 0 Å². The minimum Gasteiger partial charge on any atom is -0.348 e. The molecule has 1 aromatic rings. The van der Waals surface area contributed by atoms with Crippen LogP contribution >= 0.6 is 11.6 Å². The first-order valence-corrected chi connectivity index (χ1v) is 4.85. The van der Waals surface area contributed by atoms with E-state index < -0.39 is 0 Å². The minimum absolute atomic E-state index is 0.0764. The van der Waals surface area contributed by atoms with Crippen LogP contribution in [0.15, 0.2) is 6.33 Å². The fourth-order valence-corrected chi connectivity index (χ4v) is 1.02. The van der Waals surface area contributed by atoms with E-state index in [-0.39, 0.29) is 11.8 Å². The van der Waals surface area contributed by atoms with E-state index in [0.717, 1.165) is 0 Å². The van der Waals surface area contributed by atoms with Gasteiger partial charge in [0.2, 0.25) is 5.91 Å². The van der Waals surface area contributed by atoms with E-state index in [1.165, 1.54) is 0 Å². The summed E-state index contributed by atoms with van der Waals surface area (Å²) < 4.78 is 1.59. The Bertz CT molecular complexity index is 312. The number of alkyl halides is 1. The van der Waals surface area contributed by atoms with Gasteiger partial charge in [-0.2, -0.15) is 5.10 Å². The van der Waals surface area contributed by atoms with E-state index in [1.54, 1.807) is 25.0 Å². The predicted octanol–water partition coefficient (Wildman–Crippen LogP) is 0.306. The summed E-state index contributed by atoms with van der Waals surface area (Å²) in [7, 11) is 1.78. The highest BCUT2D eigenvalue weighted by Gasteiger charge is 2.11. The van der Waals surface area contributed by atoms with Crippen LogP contribution in [0.1, 0.15) is 12.7 Å². The van der Waals surface area contributed by atoms with Crippen LogP contribution in [0.3, 0.4) is 0 Å². The molecule has 1 N–H and O–H groups in total. The molecule has 0 radical (unpaired) electrons. The minimum atomic E-state index is -0.180. The van der Waals surface area contributed by atoms with E-state index >= 15 is 0 Å². The van der Waals surface area contributed by atoms with Crippen molar-refractivity contribution in [2.45, 2.75) is 13.5 Å². The molecule has 1 aromatic heterocycles. The molecule has 0 aliphatic rings. The lowest BCUT2D eigenvalue weighted by Gasteiger charge is -2.06. The Hall–Kier alpha value is -1.10. The summed E-state index contributed by atoms with van der Waals surface area (Å²) >= 11 is 5.54. The van der Waals surface area contributed by atoms with Crippen molar-refractivity contribution in [1.29, 1.82) is 0 Å². The Morgan fingerprint density at radius 3 is 3.00 bits per heavy atom. The summed E-state index contributed by atoms with van der Waals surface area (Å²) in [5.41, 5.74) is 0. The van der Waals surface area contributed by atoms with E-state index in [4.69, 9.17) is 11.6 Å². The van der Waals surface area contributed by atoms with Gasteiger partial charge in [-0.3, -0.25) is 9.48 Å². The SMILES string of the molecule is CC(CCl)C(=O)NCc1ncn(C)n1. The standard InChI is InChI=1S/C8H13ClN4O/c1-6(3-9)8(14)10-4-7-11-5-13(2)12-7/h5-6H,3-4H2,1-2H3,(H,10,14). The van der Waals surface area contributed by atoms with Crippen molar-refractivity contribution in [1.82, 2.24) is 20.1 Å². The van der Waals surface area contributed by atoms with Gasteiger partial charge in [0.25, 0.3) is 0 Å². The molecule has 0 aliphatic carbocycles. The van der Waals surface area contributed by atoms with E-state index in [9.17, 15) is 4.79 Å². The second-order valence-electron chi connectivity index (χ2n) is 3.11. The zero-order chi connectivity index (χ0) is 10.6. The van der Waals surface area contributed by atoms with E-state index in [0.29, 0.717) is 18.2 Å². The van der Waals surface area contributed by atoms with Crippen molar-refractivity contribution in [3.63, 3.8) is 0 Å². The van der Waals surface area contributed by atoms with Crippen LogP contribution in [0.25, 0.3) is 0 Å². The number of carbonyl (C=O) groups is 1. The largest absolute Gasteiger partial charge is 0.348 e. The average Bonchev–Trinajstić information content (AvgIpc) is 2.59. The van der Waals surface area contributed by atoms with Crippen LogP contribution < -0.4 is 5.32 Å². The van der Waals surface area contributed by atoms with Crippen molar-refractivity contribution < 1.29 is 4.79 Å². The number of aromatic nitrogens is 3. The fraction of sp³-hybridized carbons (Fsp3) is 0.625. The quantitative estimate of drug-likeness (QED) is 0.737. The Morgan fingerprint density at radius 1 is 1.79 bits per heavy atom. The highest BCUT2D eigenvalue weighted by atomic mass is 35.5. The first-order valence-electron chi connectivity index (χ1n) is 4.31. The average molecular weight is 217 g/mol. The first kappa shape index (κ1) is 11.0. The topological polar surface area (TPSA) is 59.8 Å². The Kier molecular flexibility index (Phi) is 3.88. The number of rotatable bonds is 4. The van der Waals surface area contributed by atoms with Gasteiger partial charge in [0.05, 0.1) is 6.54 Å². The van der Waals surface area contributed by atoms with Crippen LogP contribution in [0.5, 0.6) is 0 Å². The molecule has 5 nitrogen and oxygen atoms in total. The molecule has 1 rings (SSSR count). The number of amides is 1. The highest BCUT2D eigenvalue weighted by molar-refractivity contribution is 6.19. The summed E-state index contributed by atoms with van der Waals surface area (Å²) in [4.78, 5) is 15.3. The summed E-state index contributed by atoms with van der Waals surface area (Å²) in [5.74, 6) is 0.664. The third-order valence-electron chi connectivity index (χ3n) is 1.75. The molecule has 1 amide bonds. The number of nitrogens with one attached hydrogen (secondary N) is 1. The summed E-state index contributed by atoms with van der Waals surface area (Å²) in [6.07, 6.45) is 1.59. The molecule has 6 heteroatoms. The van der Waals surface area contributed by atoms with Crippen molar-refractivity contribution in [3.8, 4) is 0 Å². The second-order valence-corrected chi connectivity index (χ2v) is 3.42. The molecule has 1 atom stereocenters. The van der Waals surface area contributed by atoms with Crippen molar-refractivity contribution in [2.75, 3.05) is 5.88 Å². The number of hydrogen-bond donors (Lipinski definition) is 1. The van der Waals surface area contributed by atoms with Gasteiger partial charge in [-0.25, -0.2) is 4.98 Å². The van der Waals surface area contributed by atoms with Crippen LogP contribution in [-0.2, 0) is 18.4 Å². The van der Waals surface area contributed by atoms with Gasteiger partial charge in [-0.15, -0.1) is 11.6 Å². The summed E-state index contributed by atoms with van der Waals surface area (Å²) in [6.45, 7) is 2.12. The second kappa shape index (κ2) is 4.95. The number of hydrogen-bond acceptors (Lipinski definition) is 3. The van der Waals surface area contributed by atoms with Crippen molar-refractivity contribution >= 4 is 17.5 Å². The van der Waals surface area contributed by atoms with Crippen LogP contribution in [0, 0.1) is 5.92 Å². The zero-order valence-corrected chi connectivity index (χ0v) is 8.95. The predicted molar refractivity (Wildman–Crippen MR) is 52.7 cm³/mol. The van der Waals surface area contributed by atoms with Crippen LogP contribution in [-0.4, -0.2) is 26.6 Å². The maximum atomic E-state index is 11.3. The monoisotopic (exact) mass is 216 g/mol. The molecule has 1 unspecified atom stereocenters. The Labute approximate surface area is 87.5 Å². The lowest BCUT2D eigenvalue weighted by atomic mass is 10.2. The van der Waals surface area contributed by atoms with Gasteiger partial charge in [0.1, 0.15) is 6.33 Å². The van der Waals surface area contributed by atoms with Crippen LogP contribution in [0.4, 0.5) is 0 Å². The lowest BCUT2D eigenvalue weighted by molar-refractivity contribution is -0.124. The van der Waals surface area contributed by atoms with Gasteiger partial charge in [0.15, 0.2) is 5.82 Å². The van der Waals surface area contributed by atoms with Crippen molar-refractivity contribution in [2.24, 2.45) is 13.0 Å². The number of carbonyl (C=O) groups excluding carboxylic acids is 1. The normalized spacial score (nSPS) is 12.5. The molecule has 0 bridgehead atoms. The summed E-state index contributed by atoms with van der Waals surface area (Å²) in [5, 5.41) is 6.73. The Morgan fingerprint density at radius 2 is 2.50 bits per heavy atom. The molecule has 0 saturated heterocycles. The molecular formula is C8H13ClN4O. The van der Waals surface area contributed by atoms with Gasteiger partial charge in [0, 0.05) is 18.8 Å². The van der Waals surface area contributed by atoms with Gasteiger partial charge >= 0.3 is 0 Å². The Balaban J connectivity index is 2.37. The molecular weight excluding hydrogens is 204 g/mol. The van der Waals surface area contributed by atoms with Gasteiger partial charge in [-0.1, -0.05) is 6.92 Å². The van der Waals surface area contributed by atoms with Crippen molar-refractivity contribution in [3.05, 3.63) is 12.2 Å². The van der Waals surface area contributed by atoms with E-state index in [1.807, 2.05) is 0 Å².